The predicted octanol–water partition coefficient (Wildman–Crippen LogP) is 5.06. The Morgan fingerprint density at radius 3 is 2.31 bits per heavy atom. The molecule has 2 heterocycles. The van der Waals surface area contributed by atoms with Crippen LogP contribution in [0, 0.1) is 0 Å². The van der Waals surface area contributed by atoms with Crippen LogP contribution in [0.1, 0.15) is 19.7 Å². The number of pyridine rings is 1. The molecule has 36 heavy (non-hydrogen) atoms. The number of halogens is 3. The first kappa shape index (κ1) is 25.6. The zero-order chi connectivity index (χ0) is 26.1. The van der Waals surface area contributed by atoms with Crippen molar-refractivity contribution in [2.24, 2.45) is 0 Å². The van der Waals surface area contributed by atoms with Gasteiger partial charge in [-0.15, -0.1) is 0 Å². The molecular formula is C25H25F3N4O3S. The molecule has 4 rings (SSSR count). The topological polar surface area (TPSA) is 97.0 Å². The summed E-state index contributed by atoms with van der Waals surface area (Å²) >= 11 is 0. The van der Waals surface area contributed by atoms with Crippen molar-refractivity contribution in [3.05, 3.63) is 66.7 Å². The van der Waals surface area contributed by atoms with E-state index in [9.17, 15) is 21.6 Å². The van der Waals surface area contributed by atoms with Crippen molar-refractivity contribution >= 4 is 20.8 Å². The Kier molecular flexibility index (Phi) is 6.80. The second-order valence-corrected chi connectivity index (χ2v) is 10.9. The third-order valence-electron chi connectivity index (χ3n) is 5.72. The molecule has 190 valence electrons. The van der Waals surface area contributed by atoms with Gasteiger partial charge < -0.3 is 9.72 Å². The molecule has 0 unspecified atom stereocenters. The molecule has 11 heteroatoms. The lowest BCUT2D eigenvalue weighted by atomic mass is 9.93. The molecule has 0 aliphatic carbocycles. The molecule has 0 bridgehead atoms. The maximum atomic E-state index is 12.6. The van der Waals surface area contributed by atoms with Gasteiger partial charge in [-0.05, 0) is 41.1 Å². The number of benzene rings is 2. The second-order valence-electron chi connectivity index (χ2n) is 9.05. The van der Waals surface area contributed by atoms with E-state index in [1.807, 2.05) is 48.5 Å². The van der Waals surface area contributed by atoms with E-state index in [2.05, 4.69) is 14.7 Å². The van der Waals surface area contributed by atoms with Crippen molar-refractivity contribution in [1.82, 2.24) is 19.7 Å². The number of nitrogens with one attached hydrogen (secondary N) is 2. The molecule has 7 nitrogen and oxygen atoms in total. The Morgan fingerprint density at radius 2 is 1.64 bits per heavy atom. The molecule has 0 amide bonds. The molecule has 4 aromatic rings. The fourth-order valence-corrected chi connectivity index (χ4v) is 4.88. The number of imidazole rings is 1. The van der Waals surface area contributed by atoms with Gasteiger partial charge in [-0.25, -0.2) is 18.1 Å². The average Bonchev–Trinajstić information content (AvgIpc) is 3.28. The van der Waals surface area contributed by atoms with Gasteiger partial charge in [0.2, 0.25) is 10.0 Å². The second kappa shape index (κ2) is 9.55. The first-order valence-electron chi connectivity index (χ1n) is 11.0. The lowest BCUT2D eigenvalue weighted by Crippen LogP contribution is -2.41. The minimum atomic E-state index is -4.83. The van der Waals surface area contributed by atoms with Gasteiger partial charge in [0, 0.05) is 35.5 Å². The summed E-state index contributed by atoms with van der Waals surface area (Å²) in [5, 5.41) is 1.96. The molecule has 2 N–H and O–H groups in total. The number of methoxy groups -OCH3 is 1. The normalized spacial score (nSPS) is 12.7. The Morgan fingerprint density at radius 1 is 0.972 bits per heavy atom. The maximum absolute atomic E-state index is 12.6. The number of rotatable bonds is 8. The standard InChI is InChI=1S/C25H25F3N4O3S/c1-24(2,14-30-36(33,34)15-25(26,27)28)23-31-21(16-8-10-29-11-9-16)22(32-23)19-5-4-18-13-20(35-3)7-6-17(18)12-19/h4-13,30H,14-15H2,1-3H3,(H,31,32). The van der Waals surface area contributed by atoms with E-state index in [4.69, 9.17) is 9.72 Å². The van der Waals surface area contributed by atoms with E-state index < -0.39 is 27.4 Å². The van der Waals surface area contributed by atoms with E-state index in [-0.39, 0.29) is 6.54 Å². The summed E-state index contributed by atoms with van der Waals surface area (Å²) < 4.78 is 69.1. The van der Waals surface area contributed by atoms with Crippen LogP contribution in [-0.4, -0.2) is 49.0 Å². The quantitative estimate of drug-likeness (QED) is 0.340. The Balaban J connectivity index is 1.73. The Bertz CT molecular complexity index is 1480. The molecule has 0 aliphatic heterocycles. The SMILES string of the molecule is COc1ccc2cc(-c3nc(C(C)(C)CNS(=O)(=O)CC(F)(F)F)[nH]c3-c3ccncc3)ccc2c1. The third-order valence-corrected chi connectivity index (χ3v) is 7.01. The molecule has 0 fully saturated rings. The van der Waals surface area contributed by atoms with Crippen LogP contribution in [0.15, 0.2) is 60.9 Å². The van der Waals surface area contributed by atoms with E-state index in [1.165, 1.54) is 0 Å². The van der Waals surface area contributed by atoms with Gasteiger partial charge in [0.05, 0.1) is 18.5 Å². The van der Waals surface area contributed by atoms with Gasteiger partial charge in [-0.2, -0.15) is 13.2 Å². The smallest absolute Gasteiger partial charge is 0.404 e. The van der Waals surface area contributed by atoms with Gasteiger partial charge in [0.15, 0.2) is 5.75 Å². The summed E-state index contributed by atoms with van der Waals surface area (Å²) in [6, 6.07) is 15.2. The minimum Gasteiger partial charge on any atom is -0.497 e. The fraction of sp³-hybridized carbons (Fsp3) is 0.280. The zero-order valence-electron chi connectivity index (χ0n) is 19.8. The van der Waals surface area contributed by atoms with Crippen LogP contribution < -0.4 is 9.46 Å². The number of fused-ring (bicyclic) bond motifs is 1. The summed E-state index contributed by atoms with van der Waals surface area (Å²) in [5.74, 6) is -0.776. The van der Waals surface area contributed by atoms with Crippen molar-refractivity contribution in [3.63, 3.8) is 0 Å². The van der Waals surface area contributed by atoms with Crippen LogP contribution in [0.5, 0.6) is 5.75 Å². The highest BCUT2D eigenvalue weighted by Crippen LogP contribution is 2.35. The molecule has 0 spiro atoms. The number of sulfonamides is 1. The number of ether oxygens (including phenoxy) is 1. The molecule has 0 atom stereocenters. The van der Waals surface area contributed by atoms with Crippen LogP contribution in [-0.2, 0) is 15.4 Å². The van der Waals surface area contributed by atoms with Gasteiger partial charge in [0.25, 0.3) is 0 Å². The summed E-state index contributed by atoms with van der Waals surface area (Å²) in [7, 11) is -2.95. The minimum absolute atomic E-state index is 0.272. The van der Waals surface area contributed by atoms with Crippen LogP contribution in [0.2, 0.25) is 0 Å². The highest BCUT2D eigenvalue weighted by atomic mass is 32.2. The number of alkyl halides is 3. The molecule has 0 saturated heterocycles. The molecule has 2 aromatic carbocycles. The fourth-order valence-electron chi connectivity index (χ4n) is 3.77. The predicted molar refractivity (Wildman–Crippen MR) is 132 cm³/mol. The number of aromatic amines is 1. The molecule has 2 aromatic heterocycles. The lowest BCUT2D eigenvalue weighted by molar-refractivity contribution is -0.106. The van der Waals surface area contributed by atoms with Crippen LogP contribution >= 0.6 is 0 Å². The Labute approximate surface area is 206 Å². The van der Waals surface area contributed by atoms with Gasteiger partial charge in [-0.1, -0.05) is 32.0 Å². The zero-order valence-corrected chi connectivity index (χ0v) is 20.7. The van der Waals surface area contributed by atoms with Crippen molar-refractivity contribution in [2.45, 2.75) is 25.4 Å². The van der Waals surface area contributed by atoms with Crippen molar-refractivity contribution in [1.29, 1.82) is 0 Å². The summed E-state index contributed by atoms with van der Waals surface area (Å²) in [4.78, 5) is 12.1. The molecule has 0 aliphatic rings. The summed E-state index contributed by atoms with van der Waals surface area (Å²) in [5.41, 5.74) is 1.99. The number of H-pyrrole nitrogens is 1. The van der Waals surface area contributed by atoms with Crippen LogP contribution in [0.3, 0.4) is 0 Å². The van der Waals surface area contributed by atoms with Crippen molar-refractivity contribution in [2.75, 3.05) is 19.4 Å². The molecular weight excluding hydrogens is 493 g/mol. The van der Waals surface area contributed by atoms with E-state index >= 15 is 0 Å². The maximum Gasteiger partial charge on any atom is 0.404 e. The van der Waals surface area contributed by atoms with Gasteiger partial charge in [0.1, 0.15) is 11.6 Å². The largest absolute Gasteiger partial charge is 0.497 e. The highest BCUT2D eigenvalue weighted by molar-refractivity contribution is 7.89. The average molecular weight is 519 g/mol. The number of hydrogen-bond donors (Lipinski definition) is 2. The third kappa shape index (κ3) is 5.85. The van der Waals surface area contributed by atoms with Gasteiger partial charge in [-0.3, -0.25) is 4.98 Å². The summed E-state index contributed by atoms with van der Waals surface area (Å²) in [6.07, 6.45) is -1.55. The highest BCUT2D eigenvalue weighted by Gasteiger charge is 2.36. The van der Waals surface area contributed by atoms with E-state index in [0.717, 1.165) is 27.6 Å². The lowest BCUT2D eigenvalue weighted by Gasteiger charge is -2.22. The van der Waals surface area contributed by atoms with Crippen LogP contribution in [0.4, 0.5) is 13.2 Å². The first-order chi connectivity index (χ1) is 16.9. The van der Waals surface area contributed by atoms with Crippen molar-refractivity contribution < 1.29 is 26.3 Å². The number of aromatic nitrogens is 3. The monoisotopic (exact) mass is 518 g/mol. The van der Waals surface area contributed by atoms with E-state index in [0.29, 0.717) is 17.2 Å². The molecule has 0 radical (unpaired) electrons. The molecule has 0 saturated carbocycles. The van der Waals surface area contributed by atoms with Crippen molar-refractivity contribution in [3.8, 4) is 28.3 Å². The number of hydrogen-bond acceptors (Lipinski definition) is 5. The summed E-state index contributed by atoms with van der Waals surface area (Å²) in [6.45, 7) is 3.13. The number of nitrogens with zero attached hydrogens (tertiary/aromatic N) is 2. The van der Waals surface area contributed by atoms with Gasteiger partial charge >= 0.3 is 6.18 Å². The van der Waals surface area contributed by atoms with E-state index in [1.54, 1.807) is 33.4 Å². The first-order valence-corrected chi connectivity index (χ1v) is 12.7. The Hall–Kier alpha value is -3.44. The van der Waals surface area contributed by atoms with Crippen LogP contribution in [0.25, 0.3) is 33.3 Å².